The Morgan fingerprint density at radius 3 is 2.85 bits per heavy atom. The normalized spacial score (nSPS) is 15.7. The van der Waals surface area contributed by atoms with Crippen LogP contribution in [0.2, 0.25) is 0 Å². The third-order valence-electron chi connectivity index (χ3n) is 2.08. The van der Waals surface area contributed by atoms with Crippen molar-refractivity contribution < 1.29 is 4.74 Å². The Morgan fingerprint density at radius 1 is 1.69 bits per heavy atom. The Balaban J connectivity index is 2.43. The number of aromatic nitrogens is 2. The van der Waals surface area contributed by atoms with Crippen molar-refractivity contribution in [2.75, 3.05) is 7.11 Å². The number of ether oxygens (including phenoxy) is 1. The van der Waals surface area contributed by atoms with Gasteiger partial charge in [-0.3, -0.25) is 4.68 Å². The number of rotatable bonds is 4. The lowest BCUT2D eigenvalue weighted by molar-refractivity contribution is 0.0820. The topological polar surface area (TPSA) is 27.1 Å². The average molecular weight is 200 g/mol. The zero-order valence-corrected chi connectivity index (χ0v) is 9.21. The smallest absolute Gasteiger partial charge is 0.108 e. The number of hydrogen-bond donors (Lipinski definition) is 1. The lowest BCUT2D eigenvalue weighted by Crippen LogP contribution is -2.19. The lowest BCUT2D eigenvalue weighted by Gasteiger charge is -2.20. The zero-order chi connectivity index (χ0) is 9.90. The molecule has 0 fully saturated rings. The van der Waals surface area contributed by atoms with Crippen LogP contribution in [0, 0.1) is 0 Å². The summed E-state index contributed by atoms with van der Waals surface area (Å²) in [5, 5.41) is 4.09. The van der Waals surface area contributed by atoms with Crippen LogP contribution < -0.4 is 0 Å². The second kappa shape index (κ2) is 4.15. The van der Waals surface area contributed by atoms with Crippen LogP contribution in [0.15, 0.2) is 12.4 Å². The van der Waals surface area contributed by atoms with Gasteiger partial charge >= 0.3 is 0 Å². The molecule has 0 unspecified atom stereocenters. The van der Waals surface area contributed by atoms with Crippen molar-refractivity contribution in [3.8, 4) is 0 Å². The summed E-state index contributed by atoms with van der Waals surface area (Å²) in [6.07, 6.45) is 5.72. The van der Waals surface area contributed by atoms with Crippen molar-refractivity contribution >= 4 is 12.6 Å². The fourth-order valence-electron chi connectivity index (χ4n) is 1.08. The highest BCUT2D eigenvalue weighted by atomic mass is 32.1. The highest BCUT2D eigenvalue weighted by Gasteiger charge is 2.17. The third-order valence-corrected chi connectivity index (χ3v) is 2.48. The monoisotopic (exact) mass is 200 g/mol. The summed E-state index contributed by atoms with van der Waals surface area (Å²) in [4.78, 5) is -0.337. The second-order valence-electron chi connectivity index (χ2n) is 3.40. The molecular formula is C9H16N2OS. The van der Waals surface area contributed by atoms with E-state index in [0.717, 1.165) is 12.8 Å². The Hall–Kier alpha value is -0.480. The molecule has 0 N–H and O–H groups in total. The second-order valence-corrected chi connectivity index (χ2v) is 4.35. The molecule has 0 aliphatic rings. The van der Waals surface area contributed by atoms with Crippen LogP contribution in [0.5, 0.6) is 0 Å². The first kappa shape index (κ1) is 10.6. The van der Waals surface area contributed by atoms with E-state index in [1.165, 1.54) is 5.56 Å². The van der Waals surface area contributed by atoms with Crippen molar-refractivity contribution in [1.29, 1.82) is 0 Å². The predicted molar refractivity (Wildman–Crippen MR) is 55.9 cm³/mol. The first-order chi connectivity index (χ1) is 6.03. The van der Waals surface area contributed by atoms with E-state index in [4.69, 9.17) is 4.74 Å². The fraction of sp³-hybridized carbons (Fsp3) is 0.667. The molecule has 1 aromatic heterocycles. The summed E-state index contributed by atoms with van der Waals surface area (Å²) in [5.41, 5.74) is 1.22. The average Bonchev–Trinajstić information content (AvgIpc) is 2.48. The fourth-order valence-corrected chi connectivity index (χ4v) is 1.19. The minimum Gasteiger partial charge on any atom is -0.368 e. The van der Waals surface area contributed by atoms with Crippen LogP contribution in [0.1, 0.15) is 18.9 Å². The molecule has 0 bridgehead atoms. The van der Waals surface area contributed by atoms with E-state index >= 15 is 0 Å². The Kier molecular flexibility index (Phi) is 3.39. The van der Waals surface area contributed by atoms with Gasteiger partial charge < -0.3 is 4.74 Å². The third kappa shape index (κ3) is 3.40. The first-order valence-corrected chi connectivity index (χ1v) is 4.73. The molecule has 0 aliphatic carbocycles. The zero-order valence-electron chi connectivity index (χ0n) is 8.32. The van der Waals surface area contributed by atoms with Gasteiger partial charge in [0, 0.05) is 20.4 Å². The number of methoxy groups -OCH3 is 1. The molecule has 13 heavy (non-hydrogen) atoms. The maximum absolute atomic E-state index is 5.20. The van der Waals surface area contributed by atoms with E-state index in [1.54, 1.807) is 11.8 Å². The highest BCUT2D eigenvalue weighted by molar-refractivity contribution is 7.81. The van der Waals surface area contributed by atoms with Gasteiger partial charge in [-0.15, -0.1) is 12.6 Å². The van der Waals surface area contributed by atoms with Crippen LogP contribution in [-0.2, 0) is 18.2 Å². The predicted octanol–water partition coefficient (Wildman–Crippen LogP) is 1.65. The van der Waals surface area contributed by atoms with E-state index < -0.39 is 0 Å². The Labute approximate surface area is 84.5 Å². The van der Waals surface area contributed by atoms with E-state index in [0.29, 0.717) is 0 Å². The number of nitrogens with zero attached hydrogens (tertiary/aromatic N) is 2. The molecule has 1 aromatic rings. The Bertz CT molecular complexity index is 270. The molecule has 0 aliphatic heterocycles. The van der Waals surface area contributed by atoms with Gasteiger partial charge in [0.25, 0.3) is 0 Å². The van der Waals surface area contributed by atoms with E-state index in [1.807, 2.05) is 26.4 Å². The molecule has 4 heteroatoms. The highest BCUT2D eigenvalue weighted by Crippen LogP contribution is 2.21. The van der Waals surface area contributed by atoms with Crippen LogP contribution in [-0.4, -0.2) is 21.8 Å². The summed E-state index contributed by atoms with van der Waals surface area (Å²) in [6, 6.07) is 0. The number of aryl methyl sites for hydroxylation is 2. The van der Waals surface area contributed by atoms with Gasteiger partial charge in [-0.05, 0) is 25.3 Å². The number of thiol groups is 1. The van der Waals surface area contributed by atoms with Gasteiger partial charge in [0.1, 0.15) is 4.93 Å². The van der Waals surface area contributed by atoms with E-state index in [-0.39, 0.29) is 4.93 Å². The molecule has 0 radical (unpaired) electrons. The van der Waals surface area contributed by atoms with E-state index in [9.17, 15) is 0 Å². The molecule has 0 saturated heterocycles. The molecule has 0 spiro atoms. The quantitative estimate of drug-likeness (QED) is 0.591. The molecule has 0 amide bonds. The van der Waals surface area contributed by atoms with Crippen molar-refractivity contribution in [3.63, 3.8) is 0 Å². The van der Waals surface area contributed by atoms with Gasteiger partial charge in [0.2, 0.25) is 0 Å². The molecule has 1 heterocycles. The van der Waals surface area contributed by atoms with Crippen LogP contribution in [0.25, 0.3) is 0 Å². The molecule has 1 atom stereocenters. The lowest BCUT2D eigenvalue weighted by atomic mass is 10.1. The molecule has 74 valence electrons. The summed E-state index contributed by atoms with van der Waals surface area (Å²) in [7, 11) is 3.59. The molecular weight excluding hydrogens is 184 g/mol. The SMILES string of the molecule is CO[C@](C)(S)CCc1cnn(C)c1. The van der Waals surface area contributed by atoms with Crippen molar-refractivity contribution in [2.24, 2.45) is 7.05 Å². The van der Waals surface area contributed by atoms with Gasteiger partial charge in [-0.25, -0.2) is 0 Å². The van der Waals surface area contributed by atoms with Crippen molar-refractivity contribution in [3.05, 3.63) is 18.0 Å². The van der Waals surface area contributed by atoms with Crippen molar-refractivity contribution in [2.45, 2.75) is 24.7 Å². The molecule has 1 rings (SSSR count). The van der Waals surface area contributed by atoms with Crippen LogP contribution in [0.4, 0.5) is 0 Å². The van der Waals surface area contributed by atoms with Crippen LogP contribution >= 0.6 is 12.6 Å². The molecule has 0 saturated carbocycles. The summed E-state index contributed by atoms with van der Waals surface area (Å²) < 4.78 is 7.01. The maximum Gasteiger partial charge on any atom is 0.108 e. The minimum absolute atomic E-state index is 0.337. The van der Waals surface area contributed by atoms with E-state index in [2.05, 4.69) is 17.7 Å². The number of hydrogen-bond acceptors (Lipinski definition) is 3. The summed E-state index contributed by atoms with van der Waals surface area (Å²) in [6.45, 7) is 1.96. The largest absolute Gasteiger partial charge is 0.368 e. The van der Waals surface area contributed by atoms with Gasteiger partial charge in [0.15, 0.2) is 0 Å². The maximum atomic E-state index is 5.20. The van der Waals surface area contributed by atoms with Gasteiger partial charge in [-0.1, -0.05) is 0 Å². The standard InChI is InChI=1S/C9H16N2OS/c1-9(13,12-3)5-4-8-6-10-11(2)7-8/h6-7,13H,4-5H2,1-3H3/t9-/m1/s1. The summed E-state index contributed by atoms with van der Waals surface area (Å²) in [5.74, 6) is 0. The van der Waals surface area contributed by atoms with Gasteiger partial charge in [-0.2, -0.15) is 5.10 Å². The summed E-state index contributed by atoms with van der Waals surface area (Å²) >= 11 is 4.37. The van der Waals surface area contributed by atoms with Gasteiger partial charge in [0.05, 0.1) is 6.20 Å². The van der Waals surface area contributed by atoms with Crippen molar-refractivity contribution in [1.82, 2.24) is 9.78 Å². The minimum atomic E-state index is -0.337. The van der Waals surface area contributed by atoms with Crippen LogP contribution in [0.3, 0.4) is 0 Å². The molecule has 3 nitrogen and oxygen atoms in total. The first-order valence-electron chi connectivity index (χ1n) is 4.28. The Morgan fingerprint density at radius 2 is 2.38 bits per heavy atom. The molecule has 0 aromatic carbocycles.